The Bertz CT molecular complexity index is 467. The van der Waals surface area contributed by atoms with Crippen molar-refractivity contribution in [3.05, 3.63) is 0 Å². The van der Waals surface area contributed by atoms with Crippen molar-refractivity contribution in [3.8, 4) is 0 Å². The second kappa shape index (κ2) is 7.04. The minimum absolute atomic E-state index is 0.152. The van der Waals surface area contributed by atoms with Crippen LogP contribution in [0.5, 0.6) is 0 Å². The molecule has 122 valence electrons. The van der Waals surface area contributed by atoms with Crippen LogP contribution in [0.3, 0.4) is 0 Å². The minimum Gasteiger partial charge on any atom is -0.480 e. The van der Waals surface area contributed by atoms with E-state index in [2.05, 4.69) is 4.72 Å². The van der Waals surface area contributed by atoms with Gasteiger partial charge in [0.1, 0.15) is 6.04 Å². The molecule has 2 N–H and O–H groups in total. The lowest BCUT2D eigenvalue weighted by molar-refractivity contribution is -0.144. The highest BCUT2D eigenvalue weighted by Crippen LogP contribution is 2.39. The van der Waals surface area contributed by atoms with E-state index in [9.17, 15) is 18.3 Å². The number of piperidine rings is 1. The van der Waals surface area contributed by atoms with Crippen LogP contribution in [-0.4, -0.2) is 56.1 Å². The summed E-state index contributed by atoms with van der Waals surface area (Å²) in [6.07, 6.45) is 4.98. The highest BCUT2D eigenvalue weighted by molar-refractivity contribution is 7.87. The Hall–Kier alpha value is -0.700. The molecule has 2 rings (SSSR count). The highest BCUT2D eigenvalue weighted by atomic mass is 32.2. The van der Waals surface area contributed by atoms with Gasteiger partial charge in [-0.15, -0.1) is 0 Å². The van der Waals surface area contributed by atoms with Crippen molar-refractivity contribution in [2.45, 2.75) is 50.6 Å². The number of hydrogen-bond donors (Lipinski definition) is 2. The lowest BCUT2D eigenvalue weighted by Gasteiger charge is -2.45. The van der Waals surface area contributed by atoms with Gasteiger partial charge in [0.05, 0.1) is 6.61 Å². The van der Waals surface area contributed by atoms with Crippen LogP contribution in [0.25, 0.3) is 0 Å². The van der Waals surface area contributed by atoms with Gasteiger partial charge in [-0.3, -0.25) is 4.79 Å². The maximum atomic E-state index is 12.5. The van der Waals surface area contributed by atoms with Crippen molar-refractivity contribution >= 4 is 16.2 Å². The lowest BCUT2D eigenvalue weighted by Crippen LogP contribution is -2.60. The molecule has 1 heterocycles. The van der Waals surface area contributed by atoms with Crippen LogP contribution in [0.2, 0.25) is 0 Å². The van der Waals surface area contributed by atoms with Crippen molar-refractivity contribution in [2.24, 2.45) is 5.92 Å². The van der Waals surface area contributed by atoms with Gasteiger partial charge < -0.3 is 9.84 Å². The molecule has 0 aromatic carbocycles. The Labute approximate surface area is 125 Å². The van der Waals surface area contributed by atoms with E-state index in [-0.39, 0.29) is 25.1 Å². The van der Waals surface area contributed by atoms with E-state index in [1.165, 1.54) is 11.4 Å². The fraction of sp³-hybridized carbons (Fsp3) is 0.923. The molecular weight excluding hydrogens is 296 g/mol. The molecule has 1 aliphatic heterocycles. The summed E-state index contributed by atoms with van der Waals surface area (Å²) in [5.41, 5.74) is 0. The molecule has 0 aromatic heterocycles. The van der Waals surface area contributed by atoms with Gasteiger partial charge in [-0.25, -0.2) is 0 Å². The largest absolute Gasteiger partial charge is 0.480 e. The Kier molecular flexibility index (Phi) is 5.59. The molecule has 0 spiro atoms. The third-order valence-corrected chi connectivity index (χ3v) is 6.12. The third-order valence-electron chi connectivity index (χ3n) is 4.47. The lowest BCUT2D eigenvalue weighted by atomic mass is 9.78. The summed E-state index contributed by atoms with van der Waals surface area (Å²) < 4.78 is 33.6. The van der Waals surface area contributed by atoms with Gasteiger partial charge >= 0.3 is 5.97 Å². The predicted octanol–water partition coefficient (Wildman–Crippen LogP) is 0.575. The number of carbonyl (C=O) groups is 1. The number of fused-ring (bicyclic) bond motifs is 1. The molecule has 0 amide bonds. The summed E-state index contributed by atoms with van der Waals surface area (Å²) >= 11 is 0. The number of ether oxygens (including phenoxy) is 1. The summed E-state index contributed by atoms with van der Waals surface area (Å²) in [6, 6.07) is -1.14. The normalized spacial score (nSPS) is 30.8. The van der Waals surface area contributed by atoms with Crippen molar-refractivity contribution < 1.29 is 23.1 Å². The van der Waals surface area contributed by atoms with Crippen molar-refractivity contribution in [3.63, 3.8) is 0 Å². The molecule has 21 heavy (non-hydrogen) atoms. The fourth-order valence-electron chi connectivity index (χ4n) is 3.52. The summed E-state index contributed by atoms with van der Waals surface area (Å²) in [6.45, 7) is 0.415. The topological polar surface area (TPSA) is 95.9 Å². The molecule has 1 saturated carbocycles. The second-order valence-electron chi connectivity index (χ2n) is 5.77. The van der Waals surface area contributed by atoms with E-state index in [0.29, 0.717) is 6.42 Å². The van der Waals surface area contributed by atoms with Crippen LogP contribution in [0.4, 0.5) is 0 Å². The summed E-state index contributed by atoms with van der Waals surface area (Å²) in [5, 5.41) is 9.38. The van der Waals surface area contributed by atoms with Gasteiger partial charge in [-0.1, -0.05) is 12.8 Å². The Morgan fingerprint density at radius 3 is 2.67 bits per heavy atom. The fourth-order valence-corrected chi connectivity index (χ4v) is 5.17. The molecule has 3 unspecified atom stereocenters. The number of nitrogens with zero attached hydrogens (tertiary/aromatic N) is 1. The van der Waals surface area contributed by atoms with Crippen LogP contribution in [-0.2, 0) is 19.7 Å². The maximum absolute atomic E-state index is 12.5. The van der Waals surface area contributed by atoms with Crippen LogP contribution >= 0.6 is 0 Å². The number of rotatable bonds is 6. The monoisotopic (exact) mass is 320 g/mol. The molecular formula is C13H24N2O5S. The first kappa shape index (κ1) is 16.7. The second-order valence-corrected chi connectivity index (χ2v) is 7.43. The van der Waals surface area contributed by atoms with Crippen molar-refractivity contribution in [2.75, 3.05) is 20.3 Å². The first-order valence-electron chi connectivity index (χ1n) is 7.47. The predicted molar refractivity (Wildman–Crippen MR) is 77.0 cm³/mol. The van der Waals surface area contributed by atoms with Crippen molar-refractivity contribution in [1.82, 2.24) is 9.03 Å². The number of carboxylic acids is 1. The van der Waals surface area contributed by atoms with Gasteiger partial charge in [-0.2, -0.15) is 17.4 Å². The molecule has 1 aliphatic carbocycles. The SMILES string of the molecule is COCCNS(=O)(=O)N1C(C(=O)O)CCC2CCCCC21. The number of hydrogen-bond acceptors (Lipinski definition) is 4. The van der Waals surface area contributed by atoms with Gasteiger partial charge in [-0.05, 0) is 31.6 Å². The van der Waals surface area contributed by atoms with Gasteiger partial charge in [0.25, 0.3) is 10.2 Å². The molecule has 2 fully saturated rings. The van der Waals surface area contributed by atoms with Crippen LogP contribution in [0, 0.1) is 5.92 Å². The number of methoxy groups -OCH3 is 1. The first-order chi connectivity index (χ1) is 9.97. The average Bonchev–Trinajstić information content (AvgIpc) is 2.46. The number of aliphatic carboxylic acids is 1. The molecule has 0 aromatic rings. The molecule has 8 heteroatoms. The standard InChI is InChI=1S/C13H24N2O5S/c1-20-9-8-14-21(18,19)15-11-5-3-2-4-10(11)6-7-12(15)13(16)17/h10-12,14H,2-9H2,1H3,(H,16,17). The maximum Gasteiger partial charge on any atom is 0.322 e. The Morgan fingerprint density at radius 2 is 2.00 bits per heavy atom. The zero-order valence-corrected chi connectivity index (χ0v) is 13.1. The van der Waals surface area contributed by atoms with E-state index < -0.39 is 22.2 Å². The summed E-state index contributed by atoms with van der Waals surface area (Å²) in [5.74, 6) is -0.774. The van der Waals surface area contributed by atoms with E-state index in [1.807, 2.05) is 0 Å². The smallest absolute Gasteiger partial charge is 0.322 e. The summed E-state index contributed by atoms with van der Waals surface area (Å²) in [7, 11) is -2.31. The van der Waals surface area contributed by atoms with E-state index >= 15 is 0 Å². The van der Waals surface area contributed by atoms with Crippen molar-refractivity contribution in [1.29, 1.82) is 0 Å². The molecule has 1 saturated heterocycles. The average molecular weight is 320 g/mol. The molecule has 3 atom stereocenters. The van der Waals surface area contributed by atoms with E-state index in [0.717, 1.165) is 32.1 Å². The van der Waals surface area contributed by atoms with E-state index in [4.69, 9.17) is 4.74 Å². The Morgan fingerprint density at radius 1 is 1.29 bits per heavy atom. The zero-order valence-electron chi connectivity index (χ0n) is 12.3. The quantitative estimate of drug-likeness (QED) is 0.698. The molecule has 0 bridgehead atoms. The van der Waals surface area contributed by atoms with Crippen LogP contribution in [0.15, 0.2) is 0 Å². The zero-order chi connectivity index (χ0) is 15.5. The number of carboxylic acid groups (broad SMARTS) is 1. The van der Waals surface area contributed by atoms with Gasteiger partial charge in [0, 0.05) is 19.7 Å². The summed E-state index contributed by atoms with van der Waals surface area (Å²) in [4.78, 5) is 11.5. The molecule has 0 radical (unpaired) electrons. The first-order valence-corrected chi connectivity index (χ1v) is 8.91. The number of nitrogens with one attached hydrogen (secondary N) is 1. The van der Waals surface area contributed by atoms with Crippen LogP contribution < -0.4 is 4.72 Å². The Balaban J connectivity index is 2.21. The van der Waals surface area contributed by atoms with Gasteiger partial charge in [0.2, 0.25) is 0 Å². The molecule has 7 nitrogen and oxygen atoms in total. The third kappa shape index (κ3) is 3.74. The minimum atomic E-state index is -3.80. The highest BCUT2D eigenvalue weighted by Gasteiger charge is 2.47. The molecule has 2 aliphatic rings. The van der Waals surface area contributed by atoms with Gasteiger partial charge in [0.15, 0.2) is 0 Å². The van der Waals surface area contributed by atoms with E-state index in [1.54, 1.807) is 0 Å². The van der Waals surface area contributed by atoms with Crippen LogP contribution in [0.1, 0.15) is 38.5 Å².